The van der Waals surface area contributed by atoms with Crippen molar-refractivity contribution in [3.8, 4) is 0 Å². The number of aromatic nitrogens is 1. The molecule has 2 heterocycles. The fourth-order valence-corrected chi connectivity index (χ4v) is 2.80. The number of nitrogens with two attached hydrogens (primary N) is 1. The summed E-state index contributed by atoms with van der Waals surface area (Å²) in [6.07, 6.45) is 2.77. The van der Waals surface area contributed by atoms with Crippen molar-refractivity contribution in [2.75, 3.05) is 12.3 Å². The van der Waals surface area contributed by atoms with Gasteiger partial charge in [-0.3, -0.25) is 0 Å². The van der Waals surface area contributed by atoms with Gasteiger partial charge in [-0.1, -0.05) is 13.0 Å². The second-order valence-corrected chi connectivity index (χ2v) is 5.41. The number of nitrogens with zero attached hydrogens (tertiary/aromatic N) is 1. The van der Waals surface area contributed by atoms with E-state index in [1.807, 2.05) is 13.1 Å². The van der Waals surface area contributed by atoms with Crippen LogP contribution in [0.3, 0.4) is 0 Å². The molecule has 0 fully saturated rings. The second-order valence-electron chi connectivity index (χ2n) is 4.38. The molecule has 0 saturated heterocycles. The van der Waals surface area contributed by atoms with Crippen LogP contribution in [0.15, 0.2) is 29.8 Å². The van der Waals surface area contributed by atoms with Gasteiger partial charge in [-0.15, -0.1) is 11.3 Å². The highest BCUT2D eigenvalue weighted by atomic mass is 32.1. The average molecular weight is 261 g/mol. The van der Waals surface area contributed by atoms with E-state index < -0.39 is 0 Å². The molecule has 2 rings (SSSR count). The Labute approximate surface area is 112 Å². The Morgan fingerprint density at radius 3 is 3.00 bits per heavy atom. The first-order chi connectivity index (χ1) is 8.70. The van der Waals surface area contributed by atoms with Gasteiger partial charge in [-0.2, -0.15) is 0 Å². The second kappa shape index (κ2) is 5.98. The molecular formula is C14H19N3S. The van der Waals surface area contributed by atoms with Crippen molar-refractivity contribution >= 4 is 17.2 Å². The molecule has 4 heteroatoms. The van der Waals surface area contributed by atoms with Gasteiger partial charge in [-0.25, -0.2) is 4.98 Å². The average Bonchev–Trinajstić information content (AvgIpc) is 2.85. The third-order valence-electron chi connectivity index (χ3n) is 2.90. The van der Waals surface area contributed by atoms with E-state index >= 15 is 0 Å². The quantitative estimate of drug-likeness (QED) is 0.870. The Morgan fingerprint density at radius 2 is 2.33 bits per heavy atom. The molecular weight excluding hydrogens is 242 g/mol. The van der Waals surface area contributed by atoms with Gasteiger partial charge in [0.1, 0.15) is 5.82 Å². The highest BCUT2D eigenvalue weighted by Crippen LogP contribution is 2.25. The molecule has 3 N–H and O–H groups in total. The molecule has 0 amide bonds. The van der Waals surface area contributed by atoms with E-state index in [-0.39, 0.29) is 6.04 Å². The summed E-state index contributed by atoms with van der Waals surface area (Å²) in [6, 6.07) is 6.61. The Bertz CT molecular complexity index is 494. The number of likely N-dealkylation sites (N-methyl/N-ethyl adjacent to an activating group) is 1. The highest BCUT2D eigenvalue weighted by Gasteiger charge is 2.15. The van der Waals surface area contributed by atoms with Gasteiger partial charge in [0.25, 0.3) is 0 Å². The molecule has 96 valence electrons. The number of nitrogen functional groups attached to an aromatic ring is 1. The Balaban J connectivity index is 2.26. The number of thiophene rings is 1. The number of pyridine rings is 1. The smallest absolute Gasteiger partial charge is 0.128 e. The standard InChI is InChI=1S/C14H19N3S/c1-3-16-13(8-11-5-4-6-18-11)12-7-10(2)9-17-14(12)15/h4-7,9,13,16H,3,8H2,1-2H3,(H2,15,17). The van der Waals surface area contributed by atoms with Crippen LogP contribution in [0.1, 0.15) is 29.0 Å². The van der Waals surface area contributed by atoms with Gasteiger partial charge >= 0.3 is 0 Å². The first kappa shape index (κ1) is 13.1. The summed E-state index contributed by atoms with van der Waals surface area (Å²) < 4.78 is 0. The monoisotopic (exact) mass is 261 g/mol. The van der Waals surface area contributed by atoms with Crippen LogP contribution in [0.4, 0.5) is 5.82 Å². The molecule has 2 aromatic rings. The van der Waals surface area contributed by atoms with Crippen molar-refractivity contribution in [1.29, 1.82) is 0 Å². The molecule has 0 spiro atoms. The zero-order valence-electron chi connectivity index (χ0n) is 10.8. The zero-order valence-corrected chi connectivity index (χ0v) is 11.6. The minimum absolute atomic E-state index is 0.237. The first-order valence-electron chi connectivity index (χ1n) is 6.18. The molecule has 2 aromatic heterocycles. The van der Waals surface area contributed by atoms with Crippen molar-refractivity contribution in [3.05, 3.63) is 45.8 Å². The van der Waals surface area contributed by atoms with Gasteiger partial charge in [0.05, 0.1) is 0 Å². The van der Waals surface area contributed by atoms with Crippen LogP contribution in [0.25, 0.3) is 0 Å². The third kappa shape index (κ3) is 3.09. The molecule has 1 atom stereocenters. The maximum absolute atomic E-state index is 6.00. The predicted molar refractivity (Wildman–Crippen MR) is 77.8 cm³/mol. The van der Waals surface area contributed by atoms with E-state index in [0.717, 1.165) is 24.1 Å². The fraction of sp³-hybridized carbons (Fsp3) is 0.357. The van der Waals surface area contributed by atoms with E-state index in [2.05, 4.69) is 40.8 Å². The van der Waals surface area contributed by atoms with Gasteiger partial charge in [0, 0.05) is 29.1 Å². The number of nitrogens with one attached hydrogen (secondary N) is 1. The summed E-state index contributed by atoms with van der Waals surface area (Å²) in [5.41, 5.74) is 8.25. The molecule has 3 nitrogen and oxygen atoms in total. The number of hydrogen-bond donors (Lipinski definition) is 2. The third-order valence-corrected chi connectivity index (χ3v) is 3.80. The summed E-state index contributed by atoms with van der Waals surface area (Å²) in [6.45, 7) is 5.08. The van der Waals surface area contributed by atoms with Crippen LogP contribution >= 0.6 is 11.3 Å². The van der Waals surface area contributed by atoms with Crippen LogP contribution in [0.2, 0.25) is 0 Å². The number of hydrogen-bond acceptors (Lipinski definition) is 4. The first-order valence-corrected chi connectivity index (χ1v) is 7.06. The number of anilines is 1. The fourth-order valence-electron chi connectivity index (χ4n) is 2.05. The summed E-state index contributed by atoms with van der Waals surface area (Å²) >= 11 is 1.78. The predicted octanol–water partition coefficient (Wildman–Crippen LogP) is 2.93. The van der Waals surface area contributed by atoms with Crippen molar-refractivity contribution in [2.24, 2.45) is 0 Å². The van der Waals surface area contributed by atoms with Crippen LogP contribution in [0, 0.1) is 6.92 Å². The Hall–Kier alpha value is -1.39. The lowest BCUT2D eigenvalue weighted by atomic mass is 10.0. The van der Waals surface area contributed by atoms with E-state index in [1.54, 1.807) is 11.3 Å². The normalized spacial score (nSPS) is 12.6. The van der Waals surface area contributed by atoms with Crippen molar-refractivity contribution in [3.63, 3.8) is 0 Å². The van der Waals surface area contributed by atoms with Crippen LogP contribution in [-0.4, -0.2) is 11.5 Å². The SMILES string of the molecule is CCNC(Cc1cccs1)c1cc(C)cnc1N. The Kier molecular flexibility index (Phi) is 4.33. The van der Waals surface area contributed by atoms with E-state index in [0.29, 0.717) is 5.82 Å². The largest absolute Gasteiger partial charge is 0.383 e. The van der Waals surface area contributed by atoms with Gasteiger partial charge in [0.2, 0.25) is 0 Å². The molecule has 0 aliphatic rings. The van der Waals surface area contributed by atoms with E-state index in [4.69, 9.17) is 5.73 Å². The maximum Gasteiger partial charge on any atom is 0.128 e. The topological polar surface area (TPSA) is 50.9 Å². The van der Waals surface area contributed by atoms with E-state index in [9.17, 15) is 0 Å². The highest BCUT2D eigenvalue weighted by molar-refractivity contribution is 7.09. The van der Waals surface area contributed by atoms with Gasteiger partial charge in [0.15, 0.2) is 0 Å². The molecule has 0 bridgehead atoms. The number of aryl methyl sites for hydroxylation is 1. The van der Waals surface area contributed by atoms with Crippen molar-refractivity contribution in [1.82, 2.24) is 10.3 Å². The summed E-state index contributed by atoms with van der Waals surface area (Å²) in [7, 11) is 0. The minimum Gasteiger partial charge on any atom is -0.383 e. The molecule has 0 aromatic carbocycles. The lowest BCUT2D eigenvalue weighted by Crippen LogP contribution is -2.24. The number of rotatable bonds is 5. The van der Waals surface area contributed by atoms with Gasteiger partial charge in [-0.05, 0) is 36.5 Å². The summed E-state index contributed by atoms with van der Waals surface area (Å²) in [5, 5.41) is 5.60. The van der Waals surface area contributed by atoms with Crippen molar-refractivity contribution in [2.45, 2.75) is 26.3 Å². The van der Waals surface area contributed by atoms with Gasteiger partial charge < -0.3 is 11.1 Å². The van der Waals surface area contributed by atoms with E-state index in [1.165, 1.54) is 4.88 Å². The molecule has 0 saturated carbocycles. The summed E-state index contributed by atoms with van der Waals surface area (Å²) in [5.74, 6) is 0.628. The Morgan fingerprint density at radius 1 is 1.50 bits per heavy atom. The minimum atomic E-state index is 0.237. The lowest BCUT2D eigenvalue weighted by Gasteiger charge is -2.19. The van der Waals surface area contributed by atoms with Crippen LogP contribution in [0.5, 0.6) is 0 Å². The molecule has 0 aliphatic heterocycles. The van der Waals surface area contributed by atoms with Crippen molar-refractivity contribution < 1.29 is 0 Å². The molecule has 0 aliphatic carbocycles. The molecule has 0 radical (unpaired) electrons. The zero-order chi connectivity index (χ0) is 13.0. The molecule has 1 unspecified atom stereocenters. The summed E-state index contributed by atoms with van der Waals surface area (Å²) in [4.78, 5) is 5.62. The lowest BCUT2D eigenvalue weighted by molar-refractivity contribution is 0.553. The molecule has 18 heavy (non-hydrogen) atoms. The van der Waals surface area contributed by atoms with Crippen LogP contribution < -0.4 is 11.1 Å². The maximum atomic E-state index is 6.00. The van der Waals surface area contributed by atoms with Crippen LogP contribution in [-0.2, 0) is 6.42 Å².